The number of hydrogen-bond donors (Lipinski definition) is 1. The number of anilines is 1. The highest BCUT2D eigenvalue weighted by atomic mass is 32.1. The smallest absolute Gasteiger partial charge is 0.276 e. The fourth-order valence-electron chi connectivity index (χ4n) is 1.89. The summed E-state index contributed by atoms with van der Waals surface area (Å²) in [6.07, 6.45) is 0. The van der Waals surface area contributed by atoms with Crippen LogP contribution in [0.15, 0.2) is 35.1 Å². The number of aryl methyl sites for hydroxylation is 1. The molecule has 2 heterocycles. The maximum atomic E-state index is 12.2. The van der Waals surface area contributed by atoms with Crippen LogP contribution in [-0.4, -0.2) is 24.4 Å². The molecule has 106 valence electrons. The number of nitrogens with one attached hydrogen (secondary N) is 1. The zero-order valence-corrected chi connectivity index (χ0v) is 11.9. The van der Waals surface area contributed by atoms with Crippen LogP contribution < -0.4 is 10.9 Å². The Morgan fingerprint density at radius 2 is 2.14 bits per heavy atom. The van der Waals surface area contributed by atoms with Crippen molar-refractivity contribution < 1.29 is 4.79 Å². The summed E-state index contributed by atoms with van der Waals surface area (Å²) in [5, 5.41) is 6.76. The van der Waals surface area contributed by atoms with Gasteiger partial charge in [-0.25, -0.2) is 4.68 Å². The average molecular weight is 301 g/mol. The predicted octanol–water partition coefficient (Wildman–Crippen LogP) is 1.52. The number of amides is 1. The highest BCUT2D eigenvalue weighted by Gasteiger charge is 2.12. The normalized spacial score (nSPS) is 10.7. The van der Waals surface area contributed by atoms with Crippen molar-refractivity contribution in [3.05, 3.63) is 46.4 Å². The van der Waals surface area contributed by atoms with Crippen LogP contribution in [0.1, 0.15) is 17.4 Å². The Kier molecular flexibility index (Phi) is 3.44. The van der Waals surface area contributed by atoms with Gasteiger partial charge in [0.05, 0.1) is 17.4 Å². The fourth-order valence-corrected chi connectivity index (χ4v) is 2.44. The van der Waals surface area contributed by atoms with E-state index in [0.717, 1.165) is 17.2 Å². The van der Waals surface area contributed by atoms with Gasteiger partial charge in [-0.15, -0.1) is 0 Å². The molecule has 8 heteroatoms. The molecule has 1 N–H and O–H groups in total. The van der Waals surface area contributed by atoms with Crippen molar-refractivity contribution in [3.63, 3.8) is 0 Å². The summed E-state index contributed by atoms with van der Waals surface area (Å²) in [5.74, 6) is -0.391. The van der Waals surface area contributed by atoms with Crippen LogP contribution in [0, 0.1) is 0 Å². The lowest BCUT2D eigenvalue weighted by Gasteiger charge is -2.06. The van der Waals surface area contributed by atoms with Gasteiger partial charge in [-0.05, 0) is 25.1 Å². The third-order valence-corrected chi connectivity index (χ3v) is 3.48. The van der Waals surface area contributed by atoms with E-state index < -0.39 is 5.91 Å². The summed E-state index contributed by atoms with van der Waals surface area (Å²) < 4.78 is 9.51. The lowest BCUT2D eigenvalue weighted by Crippen LogP contribution is -2.25. The van der Waals surface area contributed by atoms with E-state index in [1.54, 1.807) is 19.1 Å². The lowest BCUT2D eigenvalue weighted by atomic mass is 10.2. The maximum absolute atomic E-state index is 12.2. The molecule has 0 saturated carbocycles. The molecule has 0 spiro atoms. The molecule has 1 aromatic carbocycles. The number of carbonyl (C=O) groups is 1. The summed E-state index contributed by atoms with van der Waals surface area (Å²) in [6.45, 7) is 2.20. The Morgan fingerprint density at radius 1 is 1.29 bits per heavy atom. The number of aromatic nitrogens is 4. The van der Waals surface area contributed by atoms with Gasteiger partial charge in [0.2, 0.25) is 0 Å². The maximum Gasteiger partial charge on any atom is 0.276 e. The minimum atomic E-state index is -0.391. The minimum Gasteiger partial charge on any atom is -0.319 e. The van der Waals surface area contributed by atoms with Crippen molar-refractivity contribution in [2.45, 2.75) is 13.5 Å². The van der Waals surface area contributed by atoms with Crippen LogP contribution >= 0.6 is 11.7 Å². The van der Waals surface area contributed by atoms with Crippen molar-refractivity contribution in [2.75, 3.05) is 5.32 Å². The second-order valence-electron chi connectivity index (χ2n) is 4.26. The van der Waals surface area contributed by atoms with Gasteiger partial charge in [-0.3, -0.25) is 9.59 Å². The molecule has 0 saturated heterocycles. The molecular weight excluding hydrogens is 290 g/mol. The number of nitrogens with zero attached hydrogens (tertiary/aromatic N) is 4. The number of rotatable bonds is 3. The predicted molar refractivity (Wildman–Crippen MR) is 79.5 cm³/mol. The SMILES string of the molecule is CCn1nc(C(=O)Nc2cccc3nsnc23)ccc1=O. The van der Waals surface area contributed by atoms with Crippen LogP contribution in [0.5, 0.6) is 0 Å². The fraction of sp³-hybridized carbons (Fsp3) is 0.154. The Balaban J connectivity index is 1.93. The van der Waals surface area contributed by atoms with Gasteiger partial charge < -0.3 is 5.32 Å². The number of benzene rings is 1. The van der Waals surface area contributed by atoms with Gasteiger partial charge in [0, 0.05) is 12.6 Å². The van der Waals surface area contributed by atoms with Crippen molar-refractivity contribution in [1.29, 1.82) is 0 Å². The second-order valence-corrected chi connectivity index (χ2v) is 4.79. The standard InChI is InChI=1S/C13H11N5O2S/c1-2-18-11(19)7-6-10(15-18)13(20)14-8-4-3-5-9-12(8)17-21-16-9/h3-7H,2H2,1H3,(H,14,20). The van der Waals surface area contributed by atoms with Crippen molar-refractivity contribution in [3.8, 4) is 0 Å². The molecule has 0 aliphatic rings. The second kappa shape index (κ2) is 5.41. The largest absolute Gasteiger partial charge is 0.319 e. The third-order valence-electron chi connectivity index (χ3n) is 2.93. The van der Waals surface area contributed by atoms with Crippen molar-refractivity contribution >= 4 is 34.4 Å². The molecule has 0 bridgehead atoms. The van der Waals surface area contributed by atoms with E-state index >= 15 is 0 Å². The molecule has 7 nitrogen and oxygen atoms in total. The summed E-state index contributed by atoms with van der Waals surface area (Å²) in [7, 11) is 0. The van der Waals surface area contributed by atoms with E-state index in [9.17, 15) is 9.59 Å². The van der Waals surface area contributed by atoms with Crippen LogP contribution in [-0.2, 0) is 6.54 Å². The van der Waals surface area contributed by atoms with E-state index in [0.29, 0.717) is 17.7 Å². The topological polar surface area (TPSA) is 89.8 Å². The number of carbonyl (C=O) groups excluding carboxylic acids is 1. The molecule has 3 rings (SSSR count). The van der Waals surface area contributed by atoms with Gasteiger partial charge in [-0.1, -0.05) is 6.07 Å². The minimum absolute atomic E-state index is 0.177. The Hall–Kier alpha value is -2.61. The highest BCUT2D eigenvalue weighted by Crippen LogP contribution is 2.21. The first-order chi connectivity index (χ1) is 10.2. The molecule has 0 atom stereocenters. The first kappa shape index (κ1) is 13.4. The van der Waals surface area contributed by atoms with Crippen LogP contribution in [0.3, 0.4) is 0 Å². The van der Waals surface area contributed by atoms with Gasteiger partial charge in [0.25, 0.3) is 11.5 Å². The quantitative estimate of drug-likeness (QED) is 0.792. The summed E-state index contributed by atoms with van der Waals surface area (Å²) >= 11 is 1.09. The molecule has 0 unspecified atom stereocenters. The molecule has 2 aromatic heterocycles. The first-order valence-corrected chi connectivity index (χ1v) is 7.03. The Labute approximate surface area is 123 Å². The molecule has 1 amide bonds. The van der Waals surface area contributed by atoms with E-state index in [1.807, 2.05) is 6.07 Å². The number of hydrogen-bond acceptors (Lipinski definition) is 6. The molecule has 0 aliphatic carbocycles. The molecular formula is C13H11N5O2S. The zero-order valence-electron chi connectivity index (χ0n) is 11.1. The summed E-state index contributed by atoms with van der Waals surface area (Å²) in [6, 6.07) is 8.10. The molecule has 0 radical (unpaired) electrons. The molecule has 0 aliphatic heterocycles. The van der Waals surface area contributed by atoms with E-state index in [2.05, 4.69) is 19.2 Å². The summed E-state index contributed by atoms with van der Waals surface area (Å²) in [4.78, 5) is 23.7. The van der Waals surface area contributed by atoms with Gasteiger partial charge in [0.1, 0.15) is 16.7 Å². The van der Waals surface area contributed by atoms with Crippen LogP contribution in [0.2, 0.25) is 0 Å². The Morgan fingerprint density at radius 3 is 2.95 bits per heavy atom. The average Bonchev–Trinajstić information content (AvgIpc) is 2.97. The summed E-state index contributed by atoms with van der Waals surface area (Å²) in [5.41, 5.74) is 1.88. The van der Waals surface area contributed by atoms with Crippen molar-refractivity contribution in [2.24, 2.45) is 0 Å². The zero-order chi connectivity index (χ0) is 14.8. The van der Waals surface area contributed by atoms with E-state index in [1.165, 1.54) is 16.8 Å². The van der Waals surface area contributed by atoms with Crippen molar-refractivity contribution in [1.82, 2.24) is 18.5 Å². The highest BCUT2D eigenvalue weighted by molar-refractivity contribution is 7.00. The lowest BCUT2D eigenvalue weighted by molar-refractivity contribution is 0.102. The van der Waals surface area contributed by atoms with Crippen LogP contribution in [0.4, 0.5) is 5.69 Å². The molecule has 0 fully saturated rings. The van der Waals surface area contributed by atoms with Gasteiger partial charge >= 0.3 is 0 Å². The van der Waals surface area contributed by atoms with Crippen LogP contribution in [0.25, 0.3) is 11.0 Å². The van der Waals surface area contributed by atoms with E-state index in [-0.39, 0.29) is 11.3 Å². The molecule has 21 heavy (non-hydrogen) atoms. The van der Waals surface area contributed by atoms with E-state index in [4.69, 9.17) is 0 Å². The molecule has 3 aromatic rings. The first-order valence-electron chi connectivity index (χ1n) is 6.30. The van der Waals surface area contributed by atoms with Gasteiger partial charge in [0.15, 0.2) is 0 Å². The number of fused-ring (bicyclic) bond motifs is 1. The third kappa shape index (κ3) is 2.52. The monoisotopic (exact) mass is 301 g/mol. The van der Waals surface area contributed by atoms with Gasteiger partial charge in [-0.2, -0.15) is 13.8 Å². The Bertz CT molecular complexity index is 870.